The first-order chi connectivity index (χ1) is 20.9. The van der Waals surface area contributed by atoms with Gasteiger partial charge in [-0.2, -0.15) is 0 Å². The molecule has 1 aromatic heterocycles. The Kier molecular flexibility index (Phi) is 8.74. The maximum atomic E-state index is 13.2. The van der Waals surface area contributed by atoms with Crippen LogP contribution in [0, 0.1) is 0 Å². The summed E-state index contributed by atoms with van der Waals surface area (Å²) < 4.78 is 11.4. The summed E-state index contributed by atoms with van der Waals surface area (Å²) >= 11 is 6.41. The smallest absolute Gasteiger partial charge is 0.255 e. The number of pyridine rings is 1. The van der Waals surface area contributed by atoms with Crippen molar-refractivity contribution in [2.45, 2.75) is 19.9 Å². The number of ether oxygens (including phenoxy) is 2. The van der Waals surface area contributed by atoms with E-state index < -0.39 is 0 Å². The summed E-state index contributed by atoms with van der Waals surface area (Å²) in [6.07, 6.45) is 0.781. The van der Waals surface area contributed by atoms with Crippen molar-refractivity contribution in [1.82, 2.24) is 14.8 Å². The lowest BCUT2D eigenvalue weighted by atomic mass is 10.1. The second-order valence-electron chi connectivity index (χ2n) is 10.7. The van der Waals surface area contributed by atoms with Crippen molar-refractivity contribution in [3.05, 3.63) is 88.6 Å². The fraction of sp³-hybridized carbons (Fsp3) is 0.303. The number of piperazine rings is 1. The number of aromatic nitrogens is 1. The molecule has 0 saturated carbocycles. The van der Waals surface area contributed by atoms with Gasteiger partial charge in [-0.25, -0.2) is 0 Å². The Labute approximate surface area is 255 Å². The summed E-state index contributed by atoms with van der Waals surface area (Å²) in [7, 11) is 0. The molecule has 2 N–H and O–H groups in total. The Hall–Kier alpha value is -4.18. The second kappa shape index (κ2) is 13.0. The number of nitrogens with zero attached hydrogens (tertiary/aromatic N) is 3. The van der Waals surface area contributed by atoms with Crippen molar-refractivity contribution in [2.75, 3.05) is 56.6 Å². The molecule has 6 rings (SSSR count). The van der Waals surface area contributed by atoms with Gasteiger partial charge in [-0.3, -0.25) is 19.5 Å². The number of anilines is 2. The fourth-order valence-electron chi connectivity index (χ4n) is 5.29. The lowest BCUT2D eigenvalue weighted by Gasteiger charge is -2.33. The molecule has 4 aromatic rings. The SMILES string of the molecule is CCN1CCN(Cc2ccc3cc(C(=O)Nc4cc(NC(=O)c5ccc6c(c5)OCCCO6)ccc4Cl)ccc3n2)CC1. The van der Waals surface area contributed by atoms with E-state index in [0.717, 1.165) is 62.3 Å². The molecule has 2 aliphatic heterocycles. The zero-order chi connectivity index (χ0) is 29.8. The number of hydrogen-bond donors (Lipinski definition) is 2. The number of carbonyl (C=O) groups is 2. The normalized spacial score (nSPS) is 15.6. The molecule has 1 fully saturated rings. The molecule has 9 nitrogen and oxygen atoms in total. The molecule has 3 aromatic carbocycles. The minimum Gasteiger partial charge on any atom is -0.490 e. The Balaban J connectivity index is 1.11. The van der Waals surface area contributed by atoms with Gasteiger partial charge in [0.05, 0.1) is 35.1 Å². The van der Waals surface area contributed by atoms with Crippen molar-refractivity contribution >= 4 is 45.7 Å². The van der Waals surface area contributed by atoms with Crippen LogP contribution in [0.3, 0.4) is 0 Å². The van der Waals surface area contributed by atoms with Crippen molar-refractivity contribution in [3.63, 3.8) is 0 Å². The van der Waals surface area contributed by atoms with E-state index in [4.69, 9.17) is 26.1 Å². The predicted molar refractivity (Wildman–Crippen MR) is 169 cm³/mol. The minimum atomic E-state index is -0.320. The lowest BCUT2D eigenvalue weighted by molar-refractivity contribution is 0.101. The van der Waals surface area contributed by atoms with Crippen LogP contribution in [0.15, 0.2) is 66.7 Å². The topological polar surface area (TPSA) is 96.0 Å². The highest BCUT2D eigenvalue weighted by atomic mass is 35.5. The molecule has 43 heavy (non-hydrogen) atoms. The van der Waals surface area contributed by atoms with E-state index in [1.165, 1.54) is 0 Å². The van der Waals surface area contributed by atoms with E-state index in [1.807, 2.05) is 24.3 Å². The highest BCUT2D eigenvalue weighted by molar-refractivity contribution is 6.34. The van der Waals surface area contributed by atoms with Crippen LogP contribution in [-0.2, 0) is 6.54 Å². The number of rotatable bonds is 7. The molecule has 0 spiro atoms. The average molecular weight is 600 g/mol. The van der Waals surface area contributed by atoms with E-state index in [0.29, 0.717) is 52.2 Å². The molecule has 10 heteroatoms. The van der Waals surface area contributed by atoms with Crippen molar-refractivity contribution in [1.29, 1.82) is 0 Å². The molecule has 0 aliphatic carbocycles. The van der Waals surface area contributed by atoms with Crippen LogP contribution in [0.4, 0.5) is 11.4 Å². The number of amides is 2. The lowest BCUT2D eigenvalue weighted by Crippen LogP contribution is -2.45. The average Bonchev–Trinajstić information content (AvgIpc) is 3.28. The Morgan fingerprint density at radius 3 is 2.35 bits per heavy atom. The quantitative estimate of drug-likeness (QED) is 0.282. The molecule has 0 unspecified atom stereocenters. The third-order valence-electron chi connectivity index (χ3n) is 7.79. The Morgan fingerprint density at radius 1 is 0.814 bits per heavy atom. The molecule has 2 amide bonds. The number of benzene rings is 3. The Bertz CT molecular complexity index is 1650. The Morgan fingerprint density at radius 2 is 1.53 bits per heavy atom. The van der Waals surface area contributed by atoms with Crippen LogP contribution in [0.2, 0.25) is 5.02 Å². The van der Waals surface area contributed by atoms with Crippen molar-refractivity contribution in [2.24, 2.45) is 0 Å². The van der Waals surface area contributed by atoms with Gasteiger partial charge in [0.1, 0.15) is 0 Å². The number of hydrogen-bond acceptors (Lipinski definition) is 7. The summed E-state index contributed by atoms with van der Waals surface area (Å²) in [5.41, 5.74) is 3.65. The summed E-state index contributed by atoms with van der Waals surface area (Å²) in [5, 5.41) is 6.98. The van der Waals surface area contributed by atoms with E-state index >= 15 is 0 Å². The van der Waals surface area contributed by atoms with Crippen LogP contribution < -0.4 is 20.1 Å². The summed E-state index contributed by atoms with van der Waals surface area (Å²) in [6.45, 7) is 9.46. The van der Waals surface area contributed by atoms with Crippen molar-refractivity contribution in [3.8, 4) is 11.5 Å². The number of halogens is 1. The minimum absolute atomic E-state index is 0.312. The van der Waals surface area contributed by atoms with Gasteiger partial charge in [0.2, 0.25) is 0 Å². The van der Waals surface area contributed by atoms with Gasteiger partial charge in [0, 0.05) is 61.3 Å². The van der Waals surface area contributed by atoms with Gasteiger partial charge in [-0.1, -0.05) is 24.6 Å². The molecule has 0 atom stereocenters. The maximum absolute atomic E-state index is 13.2. The molecule has 1 saturated heterocycles. The van der Waals surface area contributed by atoms with Crippen LogP contribution in [0.5, 0.6) is 11.5 Å². The zero-order valence-electron chi connectivity index (χ0n) is 24.1. The molecular weight excluding hydrogens is 566 g/mol. The monoisotopic (exact) mass is 599 g/mol. The zero-order valence-corrected chi connectivity index (χ0v) is 24.8. The summed E-state index contributed by atoms with van der Waals surface area (Å²) in [5.74, 6) is 0.533. The third kappa shape index (κ3) is 6.91. The molecule has 222 valence electrons. The molecule has 3 heterocycles. The van der Waals surface area contributed by atoms with E-state index in [-0.39, 0.29) is 11.8 Å². The number of nitrogens with one attached hydrogen (secondary N) is 2. The van der Waals surface area contributed by atoms with E-state index in [2.05, 4.69) is 27.4 Å². The molecule has 0 radical (unpaired) electrons. The number of fused-ring (bicyclic) bond motifs is 2. The van der Waals surface area contributed by atoms with E-state index in [9.17, 15) is 9.59 Å². The predicted octanol–water partition coefficient (Wildman–Crippen LogP) is 5.69. The van der Waals surface area contributed by atoms with E-state index in [1.54, 1.807) is 42.5 Å². The summed E-state index contributed by atoms with van der Waals surface area (Å²) in [6, 6.07) is 19.5. The molecular formula is C33H34ClN5O4. The standard InChI is InChI=1S/C33H34ClN5O4/c1-2-38-12-14-39(15-13-38)21-26-7-4-22-18-23(5-10-28(22)35-26)33(41)37-29-20-25(8-9-27(29)34)36-32(40)24-6-11-30-31(19-24)43-17-3-16-42-30/h4-11,18-20H,2-3,12-17,21H2,1H3,(H,36,40)(H,37,41). The number of carbonyl (C=O) groups excluding carboxylic acids is 2. The first kappa shape index (κ1) is 28.9. The first-order valence-corrected chi connectivity index (χ1v) is 15.0. The van der Waals surface area contributed by atoms with Crippen LogP contribution in [0.25, 0.3) is 10.9 Å². The van der Waals surface area contributed by atoms with Crippen LogP contribution in [0.1, 0.15) is 39.8 Å². The molecule has 2 aliphatic rings. The van der Waals surface area contributed by atoms with Crippen LogP contribution >= 0.6 is 11.6 Å². The molecule has 0 bridgehead atoms. The van der Waals surface area contributed by atoms with Gasteiger partial charge < -0.3 is 25.0 Å². The van der Waals surface area contributed by atoms with Gasteiger partial charge in [-0.05, 0) is 67.2 Å². The highest BCUT2D eigenvalue weighted by Crippen LogP contribution is 2.31. The summed E-state index contributed by atoms with van der Waals surface area (Å²) in [4.78, 5) is 35.9. The fourth-order valence-corrected chi connectivity index (χ4v) is 5.46. The highest BCUT2D eigenvalue weighted by Gasteiger charge is 2.18. The van der Waals surface area contributed by atoms with Gasteiger partial charge in [0.25, 0.3) is 11.8 Å². The van der Waals surface area contributed by atoms with Gasteiger partial charge >= 0.3 is 0 Å². The van der Waals surface area contributed by atoms with Crippen molar-refractivity contribution < 1.29 is 19.1 Å². The van der Waals surface area contributed by atoms with Crippen LogP contribution in [-0.4, -0.2) is 72.5 Å². The third-order valence-corrected chi connectivity index (χ3v) is 8.12. The van der Waals surface area contributed by atoms with Gasteiger partial charge in [-0.15, -0.1) is 0 Å². The number of likely N-dealkylation sites (N-methyl/N-ethyl adjacent to an activating group) is 1. The maximum Gasteiger partial charge on any atom is 0.255 e. The first-order valence-electron chi connectivity index (χ1n) is 14.6. The largest absolute Gasteiger partial charge is 0.490 e. The second-order valence-corrected chi connectivity index (χ2v) is 11.1. The van der Waals surface area contributed by atoms with Gasteiger partial charge in [0.15, 0.2) is 11.5 Å².